The summed E-state index contributed by atoms with van der Waals surface area (Å²) in [5.74, 6) is 0.192. The molecule has 0 saturated carbocycles. The second-order valence-corrected chi connectivity index (χ2v) is 7.22. The van der Waals surface area contributed by atoms with Gasteiger partial charge in [0.25, 0.3) is 0 Å². The van der Waals surface area contributed by atoms with Gasteiger partial charge in [-0.05, 0) is 43.4 Å². The summed E-state index contributed by atoms with van der Waals surface area (Å²) in [6, 6.07) is 6.27. The highest BCUT2D eigenvalue weighted by molar-refractivity contribution is 6.00. The molecule has 0 atom stereocenters. The summed E-state index contributed by atoms with van der Waals surface area (Å²) < 4.78 is 0. The van der Waals surface area contributed by atoms with Gasteiger partial charge < -0.3 is 10.2 Å². The van der Waals surface area contributed by atoms with E-state index in [1.165, 1.54) is 0 Å². The third-order valence-electron chi connectivity index (χ3n) is 5.63. The van der Waals surface area contributed by atoms with Crippen molar-refractivity contribution < 1.29 is 9.59 Å². The van der Waals surface area contributed by atoms with Gasteiger partial charge in [-0.3, -0.25) is 9.69 Å². The van der Waals surface area contributed by atoms with Crippen LogP contribution in [0.2, 0.25) is 0 Å². The number of nitrogens with one attached hydrogen (secondary N) is 1. The van der Waals surface area contributed by atoms with E-state index in [0.717, 1.165) is 68.7 Å². The van der Waals surface area contributed by atoms with E-state index in [1.807, 2.05) is 23.1 Å². The monoisotopic (exact) mass is 339 g/mol. The number of likely N-dealkylation sites (tertiary alicyclic amines) is 1. The molecule has 0 spiro atoms. The van der Waals surface area contributed by atoms with Crippen molar-refractivity contribution >= 4 is 17.5 Å². The van der Waals surface area contributed by atoms with Crippen LogP contribution in [-0.2, 0) is 6.42 Å². The number of hydrogen-bond acceptors (Lipinski definition) is 3. The first-order valence-electron chi connectivity index (χ1n) is 9.32. The minimum absolute atomic E-state index is 0.0544. The Bertz CT molecular complexity index is 697. The number of Topliss-reactive ketones (excluding diaryl/α,β-unsaturated/α-hetero) is 1. The van der Waals surface area contributed by atoms with Crippen LogP contribution >= 0.6 is 0 Å². The summed E-state index contributed by atoms with van der Waals surface area (Å²) in [5.41, 5.74) is 2.61. The van der Waals surface area contributed by atoms with Crippen molar-refractivity contribution in [3.05, 3.63) is 41.5 Å². The van der Waals surface area contributed by atoms with Crippen molar-refractivity contribution in [1.82, 2.24) is 9.80 Å². The molecule has 1 aliphatic carbocycles. The Morgan fingerprint density at radius 3 is 2.60 bits per heavy atom. The lowest BCUT2D eigenvalue weighted by Crippen LogP contribution is -2.47. The van der Waals surface area contributed by atoms with Crippen LogP contribution in [-0.4, -0.2) is 53.8 Å². The van der Waals surface area contributed by atoms with Gasteiger partial charge in [-0.25, -0.2) is 4.79 Å². The molecular weight excluding hydrogens is 314 g/mol. The number of carbonyl (C=O) groups excluding carboxylic acids is 2. The van der Waals surface area contributed by atoms with E-state index in [4.69, 9.17) is 0 Å². The van der Waals surface area contributed by atoms with Crippen LogP contribution in [0.1, 0.15) is 41.6 Å². The number of fused-ring (bicyclic) bond motifs is 1. The van der Waals surface area contributed by atoms with E-state index in [2.05, 4.69) is 22.4 Å². The first-order valence-corrected chi connectivity index (χ1v) is 9.32. The zero-order valence-corrected chi connectivity index (χ0v) is 14.5. The summed E-state index contributed by atoms with van der Waals surface area (Å²) in [5, 5.41) is 2.98. The maximum absolute atomic E-state index is 12.5. The van der Waals surface area contributed by atoms with Crippen molar-refractivity contribution in [1.29, 1.82) is 0 Å². The van der Waals surface area contributed by atoms with Gasteiger partial charge in [0.15, 0.2) is 5.78 Å². The highest BCUT2D eigenvalue weighted by atomic mass is 16.2. The van der Waals surface area contributed by atoms with Crippen LogP contribution in [0, 0.1) is 0 Å². The Morgan fingerprint density at radius 1 is 1.08 bits per heavy atom. The maximum Gasteiger partial charge on any atom is 0.321 e. The fourth-order valence-corrected chi connectivity index (χ4v) is 4.14. The lowest BCUT2D eigenvalue weighted by molar-refractivity contribution is 0.0972. The average Bonchev–Trinajstić information content (AvgIpc) is 3.17. The second kappa shape index (κ2) is 7.00. The fraction of sp³-hybridized carbons (Fsp3) is 0.500. The predicted molar refractivity (Wildman–Crippen MR) is 98.0 cm³/mol. The number of nitrogens with zero attached hydrogens (tertiary/aromatic N) is 2. The van der Waals surface area contributed by atoms with Crippen molar-refractivity contribution in [2.45, 2.75) is 38.1 Å². The quantitative estimate of drug-likeness (QED) is 0.843. The molecule has 0 aromatic heterocycles. The highest BCUT2D eigenvalue weighted by Crippen LogP contribution is 2.25. The molecule has 4 rings (SSSR count). The number of benzene rings is 1. The van der Waals surface area contributed by atoms with Crippen molar-refractivity contribution in [2.75, 3.05) is 31.5 Å². The molecule has 1 aromatic rings. The first kappa shape index (κ1) is 16.3. The van der Waals surface area contributed by atoms with Crippen LogP contribution in [0.15, 0.2) is 30.4 Å². The standard InChI is InChI=1S/C20H25N3O2/c24-19-5-3-4-15-6-7-16(14-18(15)19)21-20(25)23-12-8-17(9-13-23)22-10-1-2-11-22/h1-2,6-7,14,17H,3-5,8-13H2,(H,21,25). The van der Waals surface area contributed by atoms with E-state index in [1.54, 1.807) is 0 Å². The molecule has 0 unspecified atom stereocenters. The molecule has 3 aliphatic rings. The molecule has 1 saturated heterocycles. The van der Waals surface area contributed by atoms with Gasteiger partial charge in [0.1, 0.15) is 0 Å². The van der Waals surface area contributed by atoms with Crippen molar-refractivity contribution in [2.24, 2.45) is 0 Å². The number of hydrogen-bond donors (Lipinski definition) is 1. The van der Waals surface area contributed by atoms with Crippen molar-refractivity contribution in [3.63, 3.8) is 0 Å². The van der Waals surface area contributed by atoms with Crippen LogP contribution in [0.3, 0.4) is 0 Å². The first-order chi connectivity index (χ1) is 12.2. The molecule has 2 aliphatic heterocycles. The van der Waals surface area contributed by atoms with E-state index < -0.39 is 0 Å². The number of aryl methyl sites for hydroxylation is 1. The lowest BCUT2D eigenvalue weighted by Gasteiger charge is -2.36. The SMILES string of the molecule is O=C1CCCc2ccc(NC(=O)N3CCC(N4CC=CC4)CC3)cc21. The van der Waals surface area contributed by atoms with Gasteiger partial charge in [-0.1, -0.05) is 18.2 Å². The molecule has 1 aromatic carbocycles. The van der Waals surface area contributed by atoms with E-state index in [0.29, 0.717) is 12.5 Å². The number of anilines is 1. The van der Waals surface area contributed by atoms with Gasteiger partial charge in [0.05, 0.1) is 0 Å². The molecule has 132 valence electrons. The van der Waals surface area contributed by atoms with Crippen molar-refractivity contribution in [3.8, 4) is 0 Å². The van der Waals surface area contributed by atoms with Gasteiger partial charge in [0, 0.05) is 49.9 Å². The lowest BCUT2D eigenvalue weighted by atomic mass is 9.90. The van der Waals surface area contributed by atoms with Crippen LogP contribution < -0.4 is 5.32 Å². The molecule has 1 fully saturated rings. The Labute approximate surface area is 148 Å². The van der Waals surface area contributed by atoms with E-state index in [9.17, 15) is 9.59 Å². The molecular formula is C20H25N3O2. The van der Waals surface area contributed by atoms with Gasteiger partial charge in [-0.15, -0.1) is 0 Å². The van der Waals surface area contributed by atoms with Crippen LogP contribution in [0.5, 0.6) is 0 Å². The molecule has 2 heterocycles. The van der Waals surface area contributed by atoms with Gasteiger partial charge in [-0.2, -0.15) is 0 Å². The Hall–Kier alpha value is -2.14. The minimum atomic E-state index is -0.0544. The topological polar surface area (TPSA) is 52.7 Å². The van der Waals surface area contributed by atoms with Gasteiger partial charge in [0.2, 0.25) is 0 Å². The normalized spacial score (nSPS) is 21.4. The molecule has 5 heteroatoms. The molecule has 2 amide bonds. The average molecular weight is 339 g/mol. The highest BCUT2D eigenvalue weighted by Gasteiger charge is 2.27. The van der Waals surface area contributed by atoms with Gasteiger partial charge >= 0.3 is 6.03 Å². The zero-order valence-electron chi connectivity index (χ0n) is 14.5. The molecule has 0 bridgehead atoms. The van der Waals surface area contributed by atoms with E-state index >= 15 is 0 Å². The number of carbonyl (C=O) groups is 2. The smallest absolute Gasteiger partial charge is 0.321 e. The Balaban J connectivity index is 1.35. The summed E-state index contributed by atoms with van der Waals surface area (Å²) in [4.78, 5) is 29.0. The predicted octanol–water partition coefficient (Wildman–Crippen LogP) is 3.07. The fourth-order valence-electron chi connectivity index (χ4n) is 4.14. The number of rotatable bonds is 2. The van der Waals surface area contributed by atoms with E-state index in [-0.39, 0.29) is 11.8 Å². The third kappa shape index (κ3) is 3.47. The minimum Gasteiger partial charge on any atom is -0.324 e. The Kier molecular flexibility index (Phi) is 4.57. The third-order valence-corrected chi connectivity index (χ3v) is 5.63. The number of ketones is 1. The maximum atomic E-state index is 12.5. The Morgan fingerprint density at radius 2 is 1.84 bits per heavy atom. The summed E-state index contributed by atoms with van der Waals surface area (Å²) in [6.07, 6.45) is 8.99. The molecule has 1 N–H and O–H groups in total. The van der Waals surface area contributed by atoms with Crippen LogP contribution in [0.25, 0.3) is 0 Å². The van der Waals surface area contributed by atoms with Crippen LogP contribution in [0.4, 0.5) is 10.5 Å². The molecule has 25 heavy (non-hydrogen) atoms. The summed E-state index contributed by atoms with van der Waals surface area (Å²) in [7, 11) is 0. The summed E-state index contributed by atoms with van der Waals surface area (Å²) in [6.45, 7) is 3.66. The second-order valence-electron chi connectivity index (χ2n) is 7.22. The zero-order chi connectivity index (χ0) is 17.2. The largest absolute Gasteiger partial charge is 0.324 e. The number of amides is 2. The molecule has 5 nitrogen and oxygen atoms in total. The molecule has 0 radical (unpaired) electrons. The number of urea groups is 1. The summed E-state index contributed by atoms with van der Waals surface area (Å²) >= 11 is 0. The number of piperidine rings is 1.